The average molecular weight is 191 g/mol. The topological polar surface area (TPSA) is 37.4 Å². The minimum absolute atomic E-state index is 0.0312. The van der Waals surface area contributed by atoms with Crippen molar-refractivity contribution in [1.82, 2.24) is 4.90 Å². The van der Waals surface area contributed by atoms with Crippen LogP contribution in [-0.2, 0) is 9.59 Å². The number of rotatable bonds is 0. The van der Waals surface area contributed by atoms with Gasteiger partial charge in [0.2, 0.25) is 11.8 Å². The van der Waals surface area contributed by atoms with E-state index in [4.69, 9.17) is 0 Å². The second-order valence-electron chi connectivity index (χ2n) is 4.69. The molecule has 74 valence electrons. The zero-order valence-corrected chi connectivity index (χ0v) is 8.31. The minimum Gasteiger partial charge on any atom is -0.285 e. The summed E-state index contributed by atoms with van der Waals surface area (Å²) in [5, 5.41) is 0. The molecule has 4 unspecified atom stereocenters. The molecule has 3 heteroatoms. The summed E-state index contributed by atoms with van der Waals surface area (Å²) in [4.78, 5) is 24.9. The standard InChI is InChI=1S/C11H13NO2/c1-5-6-3-4-7(5)9-8(6)10(13)12(2)11(9)14/h3-9H,1-2H3. The van der Waals surface area contributed by atoms with Crippen molar-refractivity contribution in [3.8, 4) is 0 Å². The first-order valence-corrected chi connectivity index (χ1v) is 5.12. The zero-order chi connectivity index (χ0) is 10.0. The number of hydrogen-bond acceptors (Lipinski definition) is 2. The quantitative estimate of drug-likeness (QED) is 0.417. The third kappa shape index (κ3) is 0.668. The summed E-state index contributed by atoms with van der Waals surface area (Å²) in [6, 6.07) is 0. The van der Waals surface area contributed by atoms with Crippen molar-refractivity contribution in [2.24, 2.45) is 29.6 Å². The predicted molar refractivity (Wildman–Crippen MR) is 50.0 cm³/mol. The third-order valence-corrected chi connectivity index (χ3v) is 4.22. The van der Waals surface area contributed by atoms with Crippen molar-refractivity contribution >= 4 is 11.8 Å². The largest absolute Gasteiger partial charge is 0.285 e. The van der Waals surface area contributed by atoms with E-state index >= 15 is 0 Å². The van der Waals surface area contributed by atoms with E-state index in [0.717, 1.165) is 0 Å². The van der Waals surface area contributed by atoms with E-state index in [-0.39, 0.29) is 23.7 Å². The second-order valence-corrected chi connectivity index (χ2v) is 4.69. The van der Waals surface area contributed by atoms with E-state index < -0.39 is 0 Å². The number of likely N-dealkylation sites (tertiary alicyclic amines) is 1. The first-order valence-electron chi connectivity index (χ1n) is 5.12. The Balaban J connectivity index is 2.08. The molecule has 14 heavy (non-hydrogen) atoms. The summed E-state index contributed by atoms with van der Waals surface area (Å²) in [5.74, 6) is 1.08. The van der Waals surface area contributed by atoms with Crippen LogP contribution in [0, 0.1) is 29.6 Å². The molecule has 0 spiro atoms. The van der Waals surface area contributed by atoms with Gasteiger partial charge in [0.15, 0.2) is 0 Å². The van der Waals surface area contributed by atoms with Crippen molar-refractivity contribution in [1.29, 1.82) is 0 Å². The van der Waals surface area contributed by atoms with Gasteiger partial charge in [0, 0.05) is 7.05 Å². The zero-order valence-electron chi connectivity index (χ0n) is 8.31. The number of carbonyl (C=O) groups excluding carboxylic acids is 2. The third-order valence-electron chi connectivity index (χ3n) is 4.22. The smallest absolute Gasteiger partial charge is 0.233 e. The number of carbonyl (C=O) groups is 2. The first-order chi connectivity index (χ1) is 6.63. The molecule has 2 amide bonds. The molecule has 3 rings (SSSR count). The summed E-state index contributed by atoms with van der Waals surface area (Å²) in [6.07, 6.45) is 4.25. The highest BCUT2D eigenvalue weighted by Crippen LogP contribution is 2.55. The van der Waals surface area contributed by atoms with Gasteiger partial charge in [-0.25, -0.2) is 0 Å². The molecular weight excluding hydrogens is 178 g/mol. The molecule has 0 aromatic carbocycles. The monoisotopic (exact) mass is 191 g/mol. The molecule has 3 aliphatic rings. The molecule has 1 aliphatic heterocycles. The summed E-state index contributed by atoms with van der Waals surface area (Å²) in [5.41, 5.74) is 0. The number of amides is 2. The SMILES string of the molecule is CC1C2C=CC1C1C(=O)N(C)C(=O)C21. The van der Waals surface area contributed by atoms with Gasteiger partial charge < -0.3 is 0 Å². The highest BCUT2D eigenvalue weighted by Gasteiger charge is 2.61. The van der Waals surface area contributed by atoms with Gasteiger partial charge in [-0.05, 0) is 17.8 Å². The summed E-state index contributed by atoms with van der Waals surface area (Å²) < 4.78 is 0. The summed E-state index contributed by atoms with van der Waals surface area (Å²) >= 11 is 0. The van der Waals surface area contributed by atoms with Gasteiger partial charge >= 0.3 is 0 Å². The lowest BCUT2D eigenvalue weighted by Gasteiger charge is -2.15. The van der Waals surface area contributed by atoms with E-state index in [1.165, 1.54) is 4.90 Å². The van der Waals surface area contributed by atoms with Gasteiger partial charge in [0.05, 0.1) is 11.8 Å². The molecule has 2 bridgehead atoms. The number of nitrogens with zero attached hydrogens (tertiary/aromatic N) is 1. The maximum atomic E-state index is 11.8. The lowest BCUT2D eigenvalue weighted by Crippen LogP contribution is -2.30. The Bertz CT molecular complexity index is 328. The summed E-state index contributed by atoms with van der Waals surface area (Å²) in [7, 11) is 1.60. The molecule has 0 radical (unpaired) electrons. The van der Waals surface area contributed by atoms with Crippen LogP contribution in [0.4, 0.5) is 0 Å². The normalized spacial score (nSPS) is 49.3. The summed E-state index contributed by atoms with van der Waals surface area (Å²) in [6.45, 7) is 2.15. The molecule has 2 aliphatic carbocycles. The Morgan fingerprint density at radius 1 is 1.07 bits per heavy atom. The molecule has 0 N–H and O–H groups in total. The van der Waals surface area contributed by atoms with Crippen LogP contribution in [-0.4, -0.2) is 23.8 Å². The highest BCUT2D eigenvalue weighted by atomic mass is 16.2. The Kier molecular flexibility index (Phi) is 1.33. The van der Waals surface area contributed by atoms with E-state index in [0.29, 0.717) is 17.8 Å². The lowest BCUT2D eigenvalue weighted by molar-refractivity contribution is -0.139. The maximum absolute atomic E-state index is 11.8. The molecule has 2 fully saturated rings. The van der Waals surface area contributed by atoms with Gasteiger partial charge in [-0.15, -0.1) is 0 Å². The van der Waals surface area contributed by atoms with E-state index in [1.54, 1.807) is 7.05 Å². The number of imide groups is 1. The first kappa shape index (κ1) is 8.21. The van der Waals surface area contributed by atoms with Crippen LogP contribution < -0.4 is 0 Å². The van der Waals surface area contributed by atoms with Crippen LogP contribution >= 0.6 is 0 Å². The minimum atomic E-state index is -0.0440. The fraction of sp³-hybridized carbons (Fsp3) is 0.636. The van der Waals surface area contributed by atoms with Gasteiger partial charge in [-0.3, -0.25) is 14.5 Å². The fourth-order valence-electron chi connectivity index (χ4n) is 3.43. The maximum Gasteiger partial charge on any atom is 0.233 e. The molecule has 1 saturated heterocycles. The number of hydrogen-bond donors (Lipinski definition) is 0. The van der Waals surface area contributed by atoms with E-state index in [1.807, 2.05) is 0 Å². The van der Waals surface area contributed by atoms with Gasteiger partial charge in [0.25, 0.3) is 0 Å². The van der Waals surface area contributed by atoms with Crippen molar-refractivity contribution in [2.45, 2.75) is 6.92 Å². The Morgan fingerprint density at radius 2 is 1.50 bits per heavy atom. The van der Waals surface area contributed by atoms with Crippen molar-refractivity contribution in [2.75, 3.05) is 7.05 Å². The number of allylic oxidation sites excluding steroid dienone is 2. The predicted octanol–water partition coefficient (Wildman–Crippen LogP) is 0.669. The van der Waals surface area contributed by atoms with Gasteiger partial charge in [0.1, 0.15) is 0 Å². The van der Waals surface area contributed by atoms with E-state index in [2.05, 4.69) is 19.1 Å². The lowest BCUT2D eigenvalue weighted by atomic mass is 9.85. The van der Waals surface area contributed by atoms with Crippen LogP contribution in [0.15, 0.2) is 12.2 Å². The van der Waals surface area contributed by atoms with Gasteiger partial charge in [-0.1, -0.05) is 19.1 Å². The molecule has 3 nitrogen and oxygen atoms in total. The second kappa shape index (κ2) is 2.27. The molecule has 0 aromatic heterocycles. The average Bonchev–Trinajstić information content (AvgIpc) is 2.74. The fourth-order valence-corrected chi connectivity index (χ4v) is 3.43. The number of fused-ring (bicyclic) bond motifs is 5. The van der Waals surface area contributed by atoms with Crippen LogP contribution in [0.1, 0.15) is 6.92 Å². The van der Waals surface area contributed by atoms with Crippen molar-refractivity contribution in [3.63, 3.8) is 0 Å². The van der Waals surface area contributed by atoms with Crippen LogP contribution in [0.5, 0.6) is 0 Å². The molecule has 4 atom stereocenters. The van der Waals surface area contributed by atoms with Crippen LogP contribution in [0.2, 0.25) is 0 Å². The molecule has 1 saturated carbocycles. The molecule has 1 heterocycles. The Hall–Kier alpha value is -1.12. The van der Waals surface area contributed by atoms with Crippen LogP contribution in [0.3, 0.4) is 0 Å². The molecular formula is C11H13NO2. The van der Waals surface area contributed by atoms with Gasteiger partial charge in [-0.2, -0.15) is 0 Å². The van der Waals surface area contributed by atoms with Crippen molar-refractivity contribution in [3.05, 3.63) is 12.2 Å². The van der Waals surface area contributed by atoms with Crippen LogP contribution in [0.25, 0.3) is 0 Å². The Labute approximate surface area is 82.8 Å². The molecule has 0 aromatic rings. The highest BCUT2D eigenvalue weighted by molar-refractivity contribution is 6.06. The van der Waals surface area contributed by atoms with E-state index in [9.17, 15) is 9.59 Å². The van der Waals surface area contributed by atoms with Crippen molar-refractivity contribution < 1.29 is 9.59 Å². The Morgan fingerprint density at radius 3 is 1.93 bits per heavy atom.